The number of furan rings is 1. The Hall–Kier alpha value is -4.48. The molecule has 1 atom stereocenters. The first-order chi connectivity index (χ1) is 17.8. The molecule has 3 aromatic heterocycles. The number of nitrogens with one attached hydrogen (secondary N) is 1. The van der Waals surface area contributed by atoms with E-state index >= 15 is 0 Å². The van der Waals surface area contributed by atoms with Crippen LogP contribution < -0.4 is 10.1 Å². The van der Waals surface area contributed by atoms with Crippen LogP contribution in [0.4, 0.5) is 5.69 Å². The maximum absolute atomic E-state index is 6.79. The van der Waals surface area contributed by atoms with Crippen LogP contribution in [-0.2, 0) is 0 Å². The molecule has 0 saturated carbocycles. The molecule has 0 aliphatic carbocycles. The van der Waals surface area contributed by atoms with E-state index in [0.717, 1.165) is 49.8 Å². The summed E-state index contributed by atoms with van der Waals surface area (Å²) in [6.45, 7) is 0. The van der Waals surface area contributed by atoms with E-state index in [1.807, 2.05) is 12.1 Å². The van der Waals surface area contributed by atoms with Crippen molar-refractivity contribution in [2.24, 2.45) is 0 Å². The Balaban J connectivity index is 1.35. The number of fused-ring (bicyclic) bond motifs is 12. The summed E-state index contributed by atoms with van der Waals surface area (Å²) in [5.74, 6) is 0.915. The average molecular weight is 483 g/mol. The first kappa shape index (κ1) is 18.8. The third-order valence-corrected chi connectivity index (χ3v) is 8.59. The number of para-hydroxylation sites is 2. The second kappa shape index (κ2) is 6.59. The minimum absolute atomic E-state index is 0.398. The number of aromatic nitrogens is 1. The Morgan fingerprint density at radius 3 is 2.39 bits per heavy atom. The number of anilines is 1. The van der Waals surface area contributed by atoms with Crippen molar-refractivity contribution in [2.45, 2.75) is 6.35 Å². The van der Waals surface area contributed by atoms with Crippen LogP contribution in [0.3, 0.4) is 0 Å². The average Bonchev–Trinajstić information content (AvgIpc) is 3.67. The van der Waals surface area contributed by atoms with Crippen LogP contribution >= 0.6 is 11.3 Å². The highest BCUT2D eigenvalue weighted by atomic mass is 32.1. The lowest BCUT2D eigenvalue weighted by Gasteiger charge is -2.16. The molecular weight excluding hydrogens is 464 g/mol. The minimum atomic E-state index is -0.398. The van der Waals surface area contributed by atoms with Crippen molar-refractivity contribution in [2.75, 3.05) is 5.32 Å². The smallest absolute Gasteiger partial charge is 0.255 e. The van der Waals surface area contributed by atoms with Gasteiger partial charge in [-0.3, -0.25) is 4.57 Å². The van der Waals surface area contributed by atoms with Crippen LogP contribution in [-0.4, -0.2) is 4.57 Å². The lowest BCUT2D eigenvalue weighted by atomic mass is 10.1. The Kier molecular flexibility index (Phi) is 3.44. The molecule has 1 aliphatic rings. The molecule has 36 heavy (non-hydrogen) atoms. The molecule has 1 aliphatic heterocycles. The number of ether oxygens (including phenoxy) is 1. The molecule has 0 saturated heterocycles. The van der Waals surface area contributed by atoms with E-state index in [2.05, 4.69) is 94.8 Å². The summed E-state index contributed by atoms with van der Waals surface area (Å²) >= 11 is 1.81. The fourth-order valence-corrected chi connectivity index (χ4v) is 7.02. The molecule has 4 heterocycles. The number of rotatable bonds is 1. The van der Waals surface area contributed by atoms with Gasteiger partial charge in [0.1, 0.15) is 5.58 Å². The molecule has 9 rings (SSSR count). The lowest BCUT2D eigenvalue weighted by molar-refractivity contribution is 0.195. The van der Waals surface area contributed by atoms with E-state index in [1.165, 1.54) is 25.6 Å². The Morgan fingerprint density at radius 2 is 1.44 bits per heavy atom. The summed E-state index contributed by atoms with van der Waals surface area (Å²) < 4.78 is 18.0. The predicted octanol–water partition coefficient (Wildman–Crippen LogP) is 9.02. The summed E-state index contributed by atoms with van der Waals surface area (Å²) in [5.41, 5.74) is 4.95. The lowest BCUT2D eigenvalue weighted by Crippen LogP contribution is -2.18. The molecule has 8 aromatic rings. The van der Waals surface area contributed by atoms with Gasteiger partial charge in [-0.15, -0.1) is 11.3 Å². The largest absolute Gasteiger partial charge is 0.454 e. The van der Waals surface area contributed by atoms with Crippen LogP contribution in [0.5, 0.6) is 5.75 Å². The van der Waals surface area contributed by atoms with Crippen LogP contribution in [0.1, 0.15) is 6.35 Å². The number of hydrogen-bond acceptors (Lipinski definition) is 4. The van der Waals surface area contributed by atoms with Crippen molar-refractivity contribution in [1.29, 1.82) is 0 Å². The molecule has 170 valence electrons. The molecule has 0 spiro atoms. The van der Waals surface area contributed by atoms with Gasteiger partial charge in [0.25, 0.3) is 6.35 Å². The van der Waals surface area contributed by atoms with Crippen molar-refractivity contribution in [3.05, 3.63) is 97.1 Å². The van der Waals surface area contributed by atoms with Gasteiger partial charge in [0.15, 0.2) is 11.3 Å². The molecule has 5 aromatic carbocycles. The molecule has 0 bridgehead atoms. The van der Waals surface area contributed by atoms with Crippen molar-refractivity contribution >= 4 is 80.9 Å². The SMILES string of the molecule is c1ccc2c(c1)oc1c2ccc2c3ccccc3n(C3Nc4ccc5sc6ccccc6c5c4O3)c21. The van der Waals surface area contributed by atoms with Gasteiger partial charge in [0, 0.05) is 41.7 Å². The van der Waals surface area contributed by atoms with Crippen LogP contribution in [0.15, 0.2) is 101 Å². The van der Waals surface area contributed by atoms with E-state index in [-0.39, 0.29) is 0 Å². The standard InChI is InChI=1S/C31H18N2O2S/c1-4-10-23-17(7-1)19-13-14-20-18-8-2-5-11-24(18)34-29(20)28(19)33(23)31-32-22-15-16-26-27(30(22)35-31)21-9-3-6-12-25(21)36-26/h1-16,31-32H. The minimum Gasteiger partial charge on any atom is -0.454 e. The molecule has 1 unspecified atom stereocenters. The van der Waals surface area contributed by atoms with Gasteiger partial charge in [0.2, 0.25) is 0 Å². The summed E-state index contributed by atoms with van der Waals surface area (Å²) in [5, 5.41) is 10.7. The van der Waals surface area contributed by atoms with E-state index in [9.17, 15) is 0 Å². The van der Waals surface area contributed by atoms with Crippen LogP contribution in [0.25, 0.3) is 63.9 Å². The van der Waals surface area contributed by atoms with Gasteiger partial charge in [0.05, 0.1) is 16.7 Å². The zero-order chi connectivity index (χ0) is 23.4. The second-order valence-corrected chi connectivity index (χ2v) is 10.4. The van der Waals surface area contributed by atoms with Crippen molar-refractivity contribution in [1.82, 2.24) is 4.57 Å². The first-order valence-electron chi connectivity index (χ1n) is 12.1. The first-order valence-corrected chi connectivity index (χ1v) is 12.9. The third-order valence-electron chi connectivity index (χ3n) is 7.45. The maximum Gasteiger partial charge on any atom is 0.255 e. The van der Waals surface area contributed by atoms with Gasteiger partial charge < -0.3 is 14.5 Å². The highest BCUT2D eigenvalue weighted by molar-refractivity contribution is 7.25. The monoisotopic (exact) mass is 482 g/mol. The Bertz CT molecular complexity index is 2180. The molecule has 1 N–H and O–H groups in total. The quantitative estimate of drug-likeness (QED) is 0.254. The van der Waals surface area contributed by atoms with Crippen LogP contribution in [0, 0.1) is 0 Å². The topological polar surface area (TPSA) is 39.3 Å². The van der Waals surface area contributed by atoms with E-state index < -0.39 is 6.35 Å². The molecule has 4 nitrogen and oxygen atoms in total. The molecule has 5 heteroatoms. The fourth-order valence-electron chi connectivity index (χ4n) is 5.92. The molecule has 0 fully saturated rings. The molecule has 0 radical (unpaired) electrons. The summed E-state index contributed by atoms with van der Waals surface area (Å²) in [6.07, 6.45) is -0.398. The zero-order valence-corrected chi connectivity index (χ0v) is 19.8. The Morgan fingerprint density at radius 1 is 0.667 bits per heavy atom. The van der Waals surface area contributed by atoms with Crippen molar-refractivity contribution in [3.8, 4) is 5.75 Å². The van der Waals surface area contributed by atoms with Gasteiger partial charge in [-0.25, -0.2) is 0 Å². The maximum atomic E-state index is 6.79. The predicted molar refractivity (Wildman–Crippen MR) is 149 cm³/mol. The Labute approximate surface area is 208 Å². The van der Waals surface area contributed by atoms with Gasteiger partial charge in [-0.05, 0) is 36.4 Å². The van der Waals surface area contributed by atoms with Gasteiger partial charge in [-0.2, -0.15) is 0 Å². The van der Waals surface area contributed by atoms with E-state index in [0.29, 0.717) is 0 Å². The number of benzene rings is 5. The molecule has 0 amide bonds. The van der Waals surface area contributed by atoms with Crippen molar-refractivity contribution in [3.63, 3.8) is 0 Å². The molecular formula is C31H18N2O2S. The summed E-state index contributed by atoms with van der Waals surface area (Å²) in [6, 6.07) is 34.0. The van der Waals surface area contributed by atoms with E-state index in [1.54, 1.807) is 11.3 Å². The van der Waals surface area contributed by atoms with Gasteiger partial charge >= 0.3 is 0 Å². The van der Waals surface area contributed by atoms with Crippen molar-refractivity contribution < 1.29 is 9.15 Å². The zero-order valence-electron chi connectivity index (χ0n) is 19.0. The van der Waals surface area contributed by atoms with E-state index in [4.69, 9.17) is 9.15 Å². The normalized spacial score (nSPS) is 15.4. The number of hydrogen-bond donors (Lipinski definition) is 1. The highest BCUT2D eigenvalue weighted by Gasteiger charge is 2.30. The summed E-state index contributed by atoms with van der Waals surface area (Å²) in [7, 11) is 0. The summed E-state index contributed by atoms with van der Waals surface area (Å²) in [4.78, 5) is 0. The highest BCUT2D eigenvalue weighted by Crippen LogP contribution is 2.49. The number of thiophene rings is 1. The van der Waals surface area contributed by atoms with Crippen LogP contribution in [0.2, 0.25) is 0 Å². The fraction of sp³-hybridized carbons (Fsp3) is 0.0323. The van der Waals surface area contributed by atoms with Gasteiger partial charge in [-0.1, -0.05) is 60.7 Å². The second-order valence-electron chi connectivity index (χ2n) is 9.35. The number of nitrogens with zero attached hydrogens (tertiary/aromatic N) is 1. The third kappa shape index (κ3) is 2.28.